The van der Waals surface area contributed by atoms with Crippen molar-refractivity contribution in [3.8, 4) is 0 Å². The van der Waals surface area contributed by atoms with Crippen LogP contribution >= 0.6 is 0 Å². The Bertz CT molecular complexity index is 199. The Morgan fingerprint density at radius 3 is 1.60 bits per heavy atom. The maximum atomic E-state index is 11.7. The Balaban J connectivity index is 3.52. The largest absolute Gasteiger partial charge is 0.495 e. The molecule has 5 nitrogen and oxygen atoms in total. The van der Waals surface area contributed by atoms with Gasteiger partial charge in [0.1, 0.15) is 12.2 Å². The molecule has 0 bridgehead atoms. The molecule has 0 aliphatic rings. The Morgan fingerprint density at radius 1 is 1.00 bits per heavy atom. The summed E-state index contributed by atoms with van der Waals surface area (Å²) in [5.41, 5.74) is 0. The molecular weight excluding hydrogens is 214 g/mol. The fourth-order valence-electron chi connectivity index (χ4n) is 0.784. The maximum absolute atomic E-state index is 11.7. The standard InChI is InChI=1S/C8H12F2O5/c1-5(14-7(9)11)3-13-4-6(2)15-8(10)12/h5-6H,3-4H2,1-2H3. The summed E-state index contributed by atoms with van der Waals surface area (Å²) in [5, 5.41) is 0. The number of halogens is 2. The molecule has 0 aromatic carbocycles. The highest BCUT2D eigenvalue weighted by Crippen LogP contribution is 1.98. The zero-order valence-corrected chi connectivity index (χ0v) is 8.37. The first-order valence-electron chi connectivity index (χ1n) is 4.21. The maximum Gasteiger partial charge on any atom is 0.495 e. The third kappa shape index (κ3) is 9.07. The molecule has 0 N–H and O–H groups in total. The Morgan fingerprint density at radius 2 is 1.33 bits per heavy atom. The van der Waals surface area contributed by atoms with Crippen molar-refractivity contribution >= 4 is 12.4 Å². The van der Waals surface area contributed by atoms with Gasteiger partial charge in [0.05, 0.1) is 13.2 Å². The molecule has 15 heavy (non-hydrogen) atoms. The molecular formula is C8H12F2O5. The average Bonchev–Trinajstić information content (AvgIpc) is 2.00. The molecule has 2 unspecified atom stereocenters. The van der Waals surface area contributed by atoms with E-state index in [4.69, 9.17) is 4.74 Å². The van der Waals surface area contributed by atoms with Crippen LogP contribution in [0, 0.1) is 0 Å². The molecule has 0 aliphatic heterocycles. The van der Waals surface area contributed by atoms with Gasteiger partial charge in [0.15, 0.2) is 0 Å². The first-order valence-corrected chi connectivity index (χ1v) is 4.21. The molecule has 0 spiro atoms. The summed E-state index contributed by atoms with van der Waals surface area (Å²) < 4.78 is 36.4. The van der Waals surface area contributed by atoms with Crippen LogP contribution in [-0.2, 0) is 14.2 Å². The van der Waals surface area contributed by atoms with Crippen molar-refractivity contribution in [2.45, 2.75) is 26.1 Å². The third-order valence-electron chi connectivity index (χ3n) is 1.29. The lowest BCUT2D eigenvalue weighted by Gasteiger charge is -2.13. The van der Waals surface area contributed by atoms with Crippen LogP contribution in [0.25, 0.3) is 0 Å². The van der Waals surface area contributed by atoms with Crippen LogP contribution in [0.3, 0.4) is 0 Å². The van der Waals surface area contributed by atoms with E-state index in [1.807, 2.05) is 0 Å². The van der Waals surface area contributed by atoms with Crippen molar-refractivity contribution < 1.29 is 32.6 Å². The molecule has 0 amide bonds. The molecule has 0 radical (unpaired) electrons. The summed E-state index contributed by atoms with van der Waals surface area (Å²) in [7, 11) is 0. The Labute approximate surface area is 85.3 Å². The van der Waals surface area contributed by atoms with E-state index in [0.717, 1.165) is 0 Å². The van der Waals surface area contributed by atoms with Gasteiger partial charge in [-0.15, -0.1) is 8.78 Å². The molecule has 0 heterocycles. The third-order valence-corrected chi connectivity index (χ3v) is 1.29. The molecule has 0 aromatic heterocycles. The van der Waals surface area contributed by atoms with Crippen molar-refractivity contribution in [3.63, 3.8) is 0 Å². The predicted octanol–water partition coefficient (Wildman–Crippen LogP) is 1.99. The first-order chi connectivity index (χ1) is 6.91. The number of carbonyl (C=O) groups is 2. The van der Waals surface area contributed by atoms with E-state index in [9.17, 15) is 18.4 Å². The number of ether oxygens (including phenoxy) is 3. The van der Waals surface area contributed by atoms with E-state index in [1.54, 1.807) is 0 Å². The highest BCUT2D eigenvalue weighted by molar-refractivity contribution is 5.58. The van der Waals surface area contributed by atoms with E-state index in [-0.39, 0.29) is 13.2 Å². The summed E-state index contributed by atoms with van der Waals surface area (Å²) in [6.07, 6.45) is -5.30. The molecule has 0 aliphatic carbocycles. The van der Waals surface area contributed by atoms with Crippen molar-refractivity contribution in [1.29, 1.82) is 0 Å². The minimum atomic E-state index is -1.89. The highest BCUT2D eigenvalue weighted by Gasteiger charge is 2.11. The molecule has 0 saturated heterocycles. The van der Waals surface area contributed by atoms with Gasteiger partial charge in [-0.3, -0.25) is 0 Å². The second-order valence-electron chi connectivity index (χ2n) is 2.87. The SMILES string of the molecule is CC(COCC(C)OC(=O)F)OC(=O)F. The predicted molar refractivity (Wildman–Crippen MR) is 44.9 cm³/mol. The zero-order chi connectivity index (χ0) is 11.8. The lowest BCUT2D eigenvalue weighted by Crippen LogP contribution is -2.23. The first kappa shape index (κ1) is 13.8. The topological polar surface area (TPSA) is 61.8 Å². The van der Waals surface area contributed by atoms with Crippen molar-refractivity contribution in [2.75, 3.05) is 13.2 Å². The quantitative estimate of drug-likeness (QED) is 0.648. The zero-order valence-electron chi connectivity index (χ0n) is 8.37. The molecule has 7 heteroatoms. The number of rotatable bonds is 6. The molecule has 0 fully saturated rings. The molecule has 0 aromatic rings. The van der Waals surface area contributed by atoms with Crippen LogP contribution in [0.4, 0.5) is 18.4 Å². The van der Waals surface area contributed by atoms with Crippen LogP contribution in [-0.4, -0.2) is 37.9 Å². The van der Waals surface area contributed by atoms with Gasteiger partial charge in [-0.05, 0) is 13.8 Å². The number of hydrogen-bond donors (Lipinski definition) is 0. The highest BCUT2D eigenvalue weighted by atomic mass is 19.2. The van der Waals surface area contributed by atoms with Crippen LogP contribution in [0.2, 0.25) is 0 Å². The molecule has 0 rings (SSSR count). The fraction of sp³-hybridized carbons (Fsp3) is 0.750. The van der Waals surface area contributed by atoms with Crippen molar-refractivity contribution in [1.82, 2.24) is 0 Å². The minimum Gasteiger partial charge on any atom is -0.435 e. The minimum absolute atomic E-state index is 0.0656. The summed E-state index contributed by atoms with van der Waals surface area (Å²) >= 11 is 0. The lowest BCUT2D eigenvalue weighted by atomic mass is 10.4. The van der Waals surface area contributed by atoms with Gasteiger partial charge in [0, 0.05) is 0 Å². The van der Waals surface area contributed by atoms with E-state index in [2.05, 4.69) is 9.47 Å². The van der Waals surface area contributed by atoms with Crippen LogP contribution in [0.1, 0.15) is 13.8 Å². The van der Waals surface area contributed by atoms with Gasteiger partial charge in [-0.2, -0.15) is 0 Å². The van der Waals surface area contributed by atoms with E-state index < -0.39 is 24.7 Å². The number of carbonyl (C=O) groups excluding carboxylic acids is 2. The summed E-state index contributed by atoms with van der Waals surface area (Å²) in [6, 6.07) is 0. The van der Waals surface area contributed by atoms with Crippen LogP contribution < -0.4 is 0 Å². The van der Waals surface area contributed by atoms with Crippen LogP contribution in [0.5, 0.6) is 0 Å². The second kappa shape index (κ2) is 7.10. The average molecular weight is 226 g/mol. The number of hydrogen-bond acceptors (Lipinski definition) is 5. The molecule has 2 atom stereocenters. The van der Waals surface area contributed by atoms with Gasteiger partial charge in [0.2, 0.25) is 0 Å². The van der Waals surface area contributed by atoms with E-state index in [0.29, 0.717) is 0 Å². The lowest BCUT2D eigenvalue weighted by molar-refractivity contribution is -0.0179. The van der Waals surface area contributed by atoms with Crippen molar-refractivity contribution in [3.05, 3.63) is 0 Å². The second-order valence-corrected chi connectivity index (χ2v) is 2.87. The van der Waals surface area contributed by atoms with Crippen molar-refractivity contribution in [2.24, 2.45) is 0 Å². The normalized spacial score (nSPS) is 14.1. The van der Waals surface area contributed by atoms with Gasteiger partial charge >= 0.3 is 12.4 Å². The summed E-state index contributed by atoms with van der Waals surface area (Å²) in [4.78, 5) is 19.7. The molecule has 88 valence electrons. The van der Waals surface area contributed by atoms with Gasteiger partial charge in [0.25, 0.3) is 0 Å². The monoisotopic (exact) mass is 226 g/mol. The van der Waals surface area contributed by atoms with Gasteiger partial charge < -0.3 is 14.2 Å². The Kier molecular flexibility index (Phi) is 6.52. The smallest absolute Gasteiger partial charge is 0.435 e. The molecule has 0 saturated carbocycles. The van der Waals surface area contributed by atoms with Gasteiger partial charge in [-0.25, -0.2) is 9.59 Å². The Hall–Kier alpha value is -1.24. The summed E-state index contributed by atoms with van der Waals surface area (Å²) in [6.45, 7) is 2.71. The van der Waals surface area contributed by atoms with E-state index >= 15 is 0 Å². The van der Waals surface area contributed by atoms with Crippen LogP contribution in [0.15, 0.2) is 0 Å². The van der Waals surface area contributed by atoms with Gasteiger partial charge in [-0.1, -0.05) is 0 Å². The van der Waals surface area contributed by atoms with E-state index in [1.165, 1.54) is 13.8 Å². The fourth-order valence-corrected chi connectivity index (χ4v) is 0.784. The summed E-state index contributed by atoms with van der Waals surface area (Å²) in [5.74, 6) is 0.